The molecule has 0 atom stereocenters. The molecule has 1 rings (SSSR count). The van der Waals surface area contributed by atoms with Crippen molar-refractivity contribution < 1.29 is 4.74 Å². The molecule has 1 N–H and O–H groups in total. The maximum atomic E-state index is 5.47. The molecule has 0 aliphatic heterocycles. The van der Waals surface area contributed by atoms with E-state index in [0.717, 1.165) is 23.9 Å². The Morgan fingerprint density at radius 3 is 2.61 bits per heavy atom. The highest BCUT2D eigenvalue weighted by molar-refractivity contribution is 7.99. The van der Waals surface area contributed by atoms with Gasteiger partial charge >= 0.3 is 6.01 Å². The van der Waals surface area contributed by atoms with Crippen LogP contribution in [-0.4, -0.2) is 33.9 Å². The largest absolute Gasteiger partial charge is 0.463 e. The van der Waals surface area contributed by atoms with Gasteiger partial charge in [-0.3, -0.25) is 0 Å². The molecule has 18 heavy (non-hydrogen) atoms. The molecule has 0 aromatic carbocycles. The van der Waals surface area contributed by atoms with Gasteiger partial charge in [-0.2, -0.15) is 15.0 Å². The first kappa shape index (κ1) is 15.0. The lowest BCUT2D eigenvalue weighted by atomic mass is 10.3. The minimum absolute atomic E-state index is 0.411. The third kappa shape index (κ3) is 5.53. The lowest BCUT2D eigenvalue weighted by Gasteiger charge is -2.08. The minimum Gasteiger partial charge on any atom is -0.463 e. The highest BCUT2D eigenvalue weighted by Crippen LogP contribution is 2.19. The zero-order chi connectivity index (χ0) is 13.4. The second kappa shape index (κ2) is 8.13. The van der Waals surface area contributed by atoms with Gasteiger partial charge in [0.1, 0.15) is 0 Å². The number of anilines is 1. The summed E-state index contributed by atoms with van der Waals surface area (Å²) in [5.74, 6) is 2.18. The third-order valence-corrected chi connectivity index (χ3v) is 3.18. The number of nitrogens with one attached hydrogen (secondary N) is 1. The quantitative estimate of drug-likeness (QED) is 0.733. The second-order valence-corrected chi connectivity index (χ2v) is 5.29. The van der Waals surface area contributed by atoms with Crippen molar-refractivity contribution in [3.8, 4) is 6.01 Å². The summed E-state index contributed by atoms with van der Waals surface area (Å²) in [7, 11) is 0. The Balaban J connectivity index is 2.76. The van der Waals surface area contributed by atoms with Crippen molar-refractivity contribution in [2.45, 2.75) is 39.3 Å². The number of aromatic nitrogens is 3. The summed E-state index contributed by atoms with van der Waals surface area (Å²) in [6, 6.07) is 0.411. The average molecular weight is 270 g/mol. The van der Waals surface area contributed by atoms with Crippen molar-refractivity contribution in [3.05, 3.63) is 0 Å². The maximum absolute atomic E-state index is 5.47. The first-order valence-electron chi connectivity index (χ1n) is 6.41. The van der Waals surface area contributed by atoms with E-state index in [4.69, 9.17) is 4.74 Å². The van der Waals surface area contributed by atoms with Crippen LogP contribution in [0, 0.1) is 5.92 Å². The average Bonchev–Trinajstić information content (AvgIpc) is 2.34. The Labute approximate surface area is 113 Å². The first-order valence-corrected chi connectivity index (χ1v) is 7.39. The van der Waals surface area contributed by atoms with E-state index in [9.17, 15) is 0 Å². The van der Waals surface area contributed by atoms with E-state index in [0.29, 0.717) is 24.5 Å². The molecule has 0 radical (unpaired) electrons. The van der Waals surface area contributed by atoms with E-state index in [1.165, 1.54) is 0 Å². The number of hydrogen-bond donors (Lipinski definition) is 1. The number of ether oxygens (including phenoxy) is 1. The normalized spacial score (nSPS) is 10.7. The summed E-state index contributed by atoms with van der Waals surface area (Å²) in [4.78, 5) is 12.9. The van der Waals surface area contributed by atoms with E-state index >= 15 is 0 Å². The standard InChI is InChI=1S/C12H22N4OS/c1-5-7-17-11-14-10(13-6-2)15-12(16-11)18-8-9(3)4/h9H,5-8H2,1-4H3,(H,13,14,15,16). The summed E-state index contributed by atoms with van der Waals surface area (Å²) in [5.41, 5.74) is 0. The molecule has 102 valence electrons. The molecule has 0 aliphatic rings. The molecular formula is C12H22N4OS. The van der Waals surface area contributed by atoms with Gasteiger partial charge in [0, 0.05) is 12.3 Å². The third-order valence-electron chi connectivity index (χ3n) is 1.91. The highest BCUT2D eigenvalue weighted by Gasteiger charge is 2.08. The van der Waals surface area contributed by atoms with Crippen LogP contribution in [0.15, 0.2) is 5.16 Å². The Morgan fingerprint density at radius 2 is 2.00 bits per heavy atom. The van der Waals surface area contributed by atoms with Crippen LogP contribution in [0.5, 0.6) is 6.01 Å². The zero-order valence-electron chi connectivity index (χ0n) is 11.6. The second-order valence-electron chi connectivity index (χ2n) is 4.31. The number of nitrogens with zero attached hydrogens (tertiary/aromatic N) is 3. The fraction of sp³-hybridized carbons (Fsp3) is 0.750. The van der Waals surface area contributed by atoms with Crippen molar-refractivity contribution in [2.24, 2.45) is 5.92 Å². The van der Waals surface area contributed by atoms with Crippen LogP contribution in [0.4, 0.5) is 5.95 Å². The Hall–Kier alpha value is -1.04. The van der Waals surface area contributed by atoms with Gasteiger partial charge in [0.15, 0.2) is 5.16 Å². The Kier molecular flexibility index (Phi) is 6.78. The molecule has 5 nitrogen and oxygen atoms in total. The number of thioether (sulfide) groups is 1. The van der Waals surface area contributed by atoms with E-state index in [-0.39, 0.29) is 0 Å². The molecule has 1 aromatic rings. The topological polar surface area (TPSA) is 59.9 Å². The Bertz CT molecular complexity index is 360. The van der Waals surface area contributed by atoms with Gasteiger partial charge in [-0.15, -0.1) is 0 Å². The van der Waals surface area contributed by atoms with E-state index < -0.39 is 0 Å². The SMILES string of the molecule is CCCOc1nc(NCC)nc(SCC(C)C)n1. The van der Waals surface area contributed by atoms with Crippen molar-refractivity contribution in [3.63, 3.8) is 0 Å². The molecule has 0 aliphatic carbocycles. The molecular weight excluding hydrogens is 248 g/mol. The summed E-state index contributed by atoms with van der Waals surface area (Å²) in [6.07, 6.45) is 0.941. The molecule has 6 heteroatoms. The molecule has 0 fully saturated rings. The van der Waals surface area contributed by atoms with Crippen LogP contribution in [-0.2, 0) is 0 Å². The van der Waals surface area contributed by atoms with E-state index in [1.807, 2.05) is 6.92 Å². The van der Waals surface area contributed by atoms with Crippen molar-refractivity contribution in [2.75, 3.05) is 24.2 Å². The van der Waals surface area contributed by atoms with Crippen LogP contribution < -0.4 is 10.1 Å². The molecule has 0 unspecified atom stereocenters. The molecule has 0 amide bonds. The van der Waals surface area contributed by atoms with E-state index in [2.05, 4.69) is 41.0 Å². The van der Waals surface area contributed by atoms with Gasteiger partial charge in [-0.25, -0.2) is 0 Å². The number of hydrogen-bond acceptors (Lipinski definition) is 6. The smallest absolute Gasteiger partial charge is 0.322 e. The maximum Gasteiger partial charge on any atom is 0.322 e. The van der Waals surface area contributed by atoms with Crippen molar-refractivity contribution >= 4 is 17.7 Å². The predicted octanol–water partition coefficient (Wildman–Crippen LogP) is 2.84. The van der Waals surface area contributed by atoms with Crippen LogP contribution >= 0.6 is 11.8 Å². The van der Waals surface area contributed by atoms with Gasteiger partial charge in [-0.1, -0.05) is 32.5 Å². The lowest BCUT2D eigenvalue weighted by molar-refractivity contribution is 0.288. The zero-order valence-corrected chi connectivity index (χ0v) is 12.4. The summed E-state index contributed by atoms with van der Waals surface area (Å²) >= 11 is 1.63. The van der Waals surface area contributed by atoms with Crippen LogP contribution in [0.1, 0.15) is 34.1 Å². The molecule has 0 bridgehead atoms. The van der Waals surface area contributed by atoms with Gasteiger partial charge in [0.25, 0.3) is 0 Å². The lowest BCUT2D eigenvalue weighted by Crippen LogP contribution is -2.08. The molecule has 0 saturated carbocycles. The van der Waals surface area contributed by atoms with Gasteiger partial charge in [-0.05, 0) is 19.3 Å². The van der Waals surface area contributed by atoms with Crippen LogP contribution in [0.3, 0.4) is 0 Å². The van der Waals surface area contributed by atoms with Crippen LogP contribution in [0.25, 0.3) is 0 Å². The molecule has 1 heterocycles. The van der Waals surface area contributed by atoms with Gasteiger partial charge in [0.2, 0.25) is 5.95 Å². The monoisotopic (exact) mass is 270 g/mol. The molecule has 1 aromatic heterocycles. The summed E-state index contributed by atoms with van der Waals surface area (Å²) in [6.45, 7) is 9.83. The van der Waals surface area contributed by atoms with Crippen molar-refractivity contribution in [1.82, 2.24) is 15.0 Å². The fourth-order valence-corrected chi connectivity index (χ4v) is 1.91. The van der Waals surface area contributed by atoms with Crippen LogP contribution in [0.2, 0.25) is 0 Å². The molecule has 0 saturated heterocycles. The Morgan fingerprint density at radius 1 is 1.22 bits per heavy atom. The fourth-order valence-electron chi connectivity index (χ4n) is 1.14. The van der Waals surface area contributed by atoms with E-state index in [1.54, 1.807) is 11.8 Å². The summed E-state index contributed by atoms with van der Waals surface area (Å²) < 4.78 is 5.47. The van der Waals surface area contributed by atoms with Gasteiger partial charge < -0.3 is 10.1 Å². The van der Waals surface area contributed by atoms with Gasteiger partial charge in [0.05, 0.1) is 6.61 Å². The highest BCUT2D eigenvalue weighted by atomic mass is 32.2. The number of rotatable bonds is 8. The predicted molar refractivity (Wildman–Crippen MR) is 75.3 cm³/mol. The molecule has 0 spiro atoms. The minimum atomic E-state index is 0.411. The first-order chi connectivity index (χ1) is 8.65. The van der Waals surface area contributed by atoms with Crippen molar-refractivity contribution in [1.29, 1.82) is 0 Å². The summed E-state index contributed by atoms with van der Waals surface area (Å²) in [5, 5.41) is 3.82.